The molecule has 0 spiro atoms. The number of carbonyl (C=O) groups excluding carboxylic acids is 2. The van der Waals surface area contributed by atoms with E-state index in [1.807, 2.05) is 39.0 Å². The number of aromatic nitrogens is 4. The fourth-order valence-electron chi connectivity index (χ4n) is 2.95. The van der Waals surface area contributed by atoms with Crippen molar-refractivity contribution in [2.24, 2.45) is 0 Å². The summed E-state index contributed by atoms with van der Waals surface area (Å²) in [5, 5.41) is 15.3. The number of anilines is 1. The summed E-state index contributed by atoms with van der Waals surface area (Å²) in [6, 6.07) is 12.9. The van der Waals surface area contributed by atoms with Gasteiger partial charge in [0.2, 0.25) is 11.1 Å². The van der Waals surface area contributed by atoms with Crippen LogP contribution in [-0.2, 0) is 4.79 Å². The zero-order valence-corrected chi connectivity index (χ0v) is 17.5. The average Bonchev–Trinajstić information content (AvgIpc) is 3.15. The van der Waals surface area contributed by atoms with Crippen LogP contribution < -0.4 is 5.32 Å². The lowest BCUT2D eigenvalue weighted by atomic mass is 10.1. The van der Waals surface area contributed by atoms with Crippen LogP contribution in [0.25, 0.3) is 5.69 Å². The highest BCUT2D eigenvalue weighted by atomic mass is 32.2. The minimum atomic E-state index is -0.0301. The van der Waals surface area contributed by atoms with E-state index < -0.39 is 0 Å². The molecule has 0 fully saturated rings. The van der Waals surface area contributed by atoms with Gasteiger partial charge in [-0.15, -0.1) is 5.10 Å². The van der Waals surface area contributed by atoms with Crippen LogP contribution in [0.3, 0.4) is 0 Å². The predicted octanol–water partition coefficient (Wildman–Crippen LogP) is 3.99. The third kappa shape index (κ3) is 5.08. The summed E-state index contributed by atoms with van der Waals surface area (Å²) in [5.74, 6) is 0.158. The molecule has 1 heterocycles. The van der Waals surface area contributed by atoms with Crippen LogP contribution in [0.15, 0.2) is 47.6 Å². The molecule has 0 bridgehead atoms. The number of Topliss-reactive ketones (excluding diaryl/α,β-unsaturated/α-hetero) is 1. The maximum atomic E-state index is 12.6. The Kier molecular flexibility index (Phi) is 6.77. The van der Waals surface area contributed by atoms with Gasteiger partial charge >= 0.3 is 0 Å². The van der Waals surface area contributed by atoms with Gasteiger partial charge in [0.15, 0.2) is 5.78 Å². The molecule has 0 aliphatic carbocycles. The topological polar surface area (TPSA) is 89.8 Å². The second kappa shape index (κ2) is 9.47. The molecular weight excluding hydrogens is 386 g/mol. The molecule has 150 valence electrons. The van der Waals surface area contributed by atoms with Crippen LogP contribution in [0, 0.1) is 13.8 Å². The van der Waals surface area contributed by atoms with Gasteiger partial charge in [0, 0.05) is 17.7 Å². The summed E-state index contributed by atoms with van der Waals surface area (Å²) < 4.78 is 1.68. The number of thioether (sulfide) groups is 1. The number of para-hydroxylation sites is 1. The molecule has 1 N–H and O–H groups in total. The van der Waals surface area contributed by atoms with Crippen molar-refractivity contribution >= 4 is 29.1 Å². The first kappa shape index (κ1) is 20.7. The lowest BCUT2D eigenvalue weighted by Crippen LogP contribution is -2.11. The molecule has 1 aromatic heterocycles. The molecule has 3 aromatic rings. The number of amides is 1. The first-order chi connectivity index (χ1) is 14.0. The van der Waals surface area contributed by atoms with Crippen molar-refractivity contribution in [2.45, 2.75) is 38.8 Å². The van der Waals surface area contributed by atoms with Crippen molar-refractivity contribution in [3.8, 4) is 5.69 Å². The van der Waals surface area contributed by atoms with Gasteiger partial charge in [0.25, 0.3) is 0 Å². The molecule has 0 radical (unpaired) electrons. The monoisotopic (exact) mass is 409 g/mol. The van der Waals surface area contributed by atoms with Gasteiger partial charge < -0.3 is 5.32 Å². The summed E-state index contributed by atoms with van der Waals surface area (Å²) in [5.41, 5.74) is 4.32. The smallest absolute Gasteiger partial charge is 0.224 e. The Morgan fingerprint density at radius 3 is 2.41 bits per heavy atom. The predicted molar refractivity (Wildman–Crippen MR) is 114 cm³/mol. The van der Waals surface area contributed by atoms with Crippen LogP contribution >= 0.6 is 11.8 Å². The molecule has 0 unspecified atom stereocenters. The Balaban J connectivity index is 1.66. The van der Waals surface area contributed by atoms with E-state index in [0.29, 0.717) is 22.8 Å². The Hall–Kier alpha value is -3.00. The second-order valence-electron chi connectivity index (χ2n) is 6.70. The molecule has 1 amide bonds. The van der Waals surface area contributed by atoms with Crippen molar-refractivity contribution in [2.75, 3.05) is 11.1 Å². The Labute approximate surface area is 173 Å². The number of benzene rings is 2. The minimum Gasteiger partial charge on any atom is -0.326 e. The number of hydrogen-bond acceptors (Lipinski definition) is 6. The standard InChI is InChI=1S/C21H23N5O2S/c1-4-6-19(28)22-17-11-9-16(10-12-17)18(27)13-29-21-23-24-25-26(21)20-14(2)7-5-8-15(20)3/h5,7-12H,4,6,13H2,1-3H3,(H,22,28). The van der Waals surface area contributed by atoms with Crippen LogP contribution in [-0.4, -0.2) is 37.7 Å². The van der Waals surface area contributed by atoms with Crippen molar-refractivity contribution in [1.29, 1.82) is 0 Å². The van der Waals surface area contributed by atoms with Crippen LogP contribution in [0.5, 0.6) is 0 Å². The molecule has 8 heteroatoms. The number of nitrogens with zero attached hydrogens (tertiary/aromatic N) is 4. The largest absolute Gasteiger partial charge is 0.326 e. The number of aryl methyl sites for hydroxylation is 2. The van der Waals surface area contributed by atoms with Gasteiger partial charge in [-0.1, -0.05) is 36.9 Å². The number of hydrogen-bond donors (Lipinski definition) is 1. The number of tetrazole rings is 1. The number of rotatable bonds is 8. The highest BCUT2D eigenvalue weighted by Crippen LogP contribution is 2.24. The summed E-state index contributed by atoms with van der Waals surface area (Å²) in [7, 11) is 0. The molecular formula is C21H23N5O2S. The third-order valence-corrected chi connectivity index (χ3v) is 5.31. The van der Waals surface area contributed by atoms with Crippen molar-refractivity contribution in [3.05, 3.63) is 59.2 Å². The van der Waals surface area contributed by atoms with Gasteiger partial charge in [0.1, 0.15) is 0 Å². The lowest BCUT2D eigenvalue weighted by molar-refractivity contribution is -0.116. The summed E-state index contributed by atoms with van der Waals surface area (Å²) >= 11 is 1.30. The van der Waals surface area contributed by atoms with Crippen molar-refractivity contribution in [1.82, 2.24) is 20.2 Å². The third-order valence-electron chi connectivity index (χ3n) is 4.39. The fraction of sp³-hybridized carbons (Fsp3) is 0.286. The summed E-state index contributed by atoms with van der Waals surface area (Å²) in [6.45, 7) is 5.96. The van der Waals surface area contributed by atoms with Gasteiger partial charge in [-0.2, -0.15) is 4.68 Å². The number of ketones is 1. The highest BCUT2D eigenvalue weighted by molar-refractivity contribution is 7.99. The normalized spacial score (nSPS) is 10.7. The van der Waals surface area contributed by atoms with Crippen LogP contribution in [0.1, 0.15) is 41.3 Å². The molecule has 0 aliphatic rings. The van der Waals surface area contributed by atoms with Gasteiger partial charge in [-0.3, -0.25) is 9.59 Å². The van der Waals surface area contributed by atoms with Crippen molar-refractivity contribution < 1.29 is 9.59 Å². The Morgan fingerprint density at radius 1 is 1.07 bits per heavy atom. The lowest BCUT2D eigenvalue weighted by Gasteiger charge is -2.10. The Morgan fingerprint density at radius 2 is 1.76 bits per heavy atom. The molecule has 0 aliphatic heterocycles. The first-order valence-corrected chi connectivity index (χ1v) is 10.4. The van der Waals surface area contributed by atoms with Gasteiger partial charge in [-0.05, 0) is 66.1 Å². The molecule has 2 aromatic carbocycles. The van der Waals surface area contributed by atoms with E-state index in [-0.39, 0.29) is 17.4 Å². The first-order valence-electron chi connectivity index (χ1n) is 9.40. The van der Waals surface area contributed by atoms with E-state index in [4.69, 9.17) is 0 Å². The van der Waals surface area contributed by atoms with Crippen molar-refractivity contribution in [3.63, 3.8) is 0 Å². The SMILES string of the molecule is CCCC(=O)Nc1ccc(C(=O)CSc2nnnn2-c2c(C)cccc2C)cc1. The van der Waals surface area contributed by atoms with Crippen LogP contribution in [0.2, 0.25) is 0 Å². The quantitative estimate of drug-likeness (QED) is 0.447. The number of nitrogens with one attached hydrogen (secondary N) is 1. The molecule has 3 rings (SSSR count). The van der Waals surface area contributed by atoms with E-state index in [1.165, 1.54) is 11.8 Å². The highest BCUT2D eigenvalue weighted by Gasteiger charge is 2.15. The molecule has 0 saturated carbocycles. The van der Waals surface area contributed by atoms with E-state index in [9.17, 15) is 9.59 Å². The average molecular weight is 410 g/mol. The van der Waals surface area contributed by atoms with E-state index >= 15 is 0 Å². The molecule has 0 saturated heterocycles. The van der Waals surface area contributed by atoms with Gasteiger partial charge in [0.05, 0.1) is 11.4 Å². The summed E-state index contributed by atoms with van der Waals surface area (Å²) in [4.78, 5) is 24.2. The zero-order chi connectivity index (χ0) is 20.8. The van der Waals surface area contributed by atoms with E-state index in [0.717, 1.165) is 23.2 Å². The Bertz CT molecular complexity index is 994. The molecule has 29 heavy (non-hydrogen) atoms. The maximum absolute atomic E-state index is 12.6. The van der Waals surface area contributed by atoms with E-state index in [1.54, 1.807) is 28.9 Å². The zero-order valence-electron chi connectivity index (χ0n) is 16.7. The van der Waals surface area contributed by atoms with E-state index in [2.05, 4.69) is 20.8 Å². The second-order valence-corrected chi connectivity index (χ2v) is 7.64. The number of carbonyl (C=O) groups is 2. The molecule has 7 nitrogen and oxygen atoms in total. The fourth-order valence-corrected chi connectivity index (χ4v) is 3.72. The van der Waals surface area contributed by atoms with Gasteiger partial charge in [-0.25, -0.2) is 0 Å². The minimum absolute atomic E-state index is 0.0273. The molecule has 0 atom stereocenters. The van der Waals surface area contributed by atoms with Crippen LogP contribution in [0.4, 0.5) is 5.69 Å². The summed E-state index contributed by atoms with van der Waals surface area (Å²) in [6.07, 6.45) is 1.27. The maximum Gasteiger partial charge on any atom is 0.224 e.